The quantitative estimate of drug-likeness (QED) is 0.845. The second-order valence-corrected chi connectivity index (χ2v) is 8.52. The smallest absolute Gasteiger partial charge is 0.0325 e. The van der Waals surface area contributed by atoms with Crippen molar-refractivity contribution in [2.24, 2.45) is 11.3 Å². The van der Waals surface area contributed by atoms with E-state index in [0.717, 1.165) is 12.0 Å². The van der Waals surface area contributed by atoms with Crippen LogP contribution in [0.1, 0.15) is 58.1 Å². The Balaban J connectivity index is 1.56. The molecule has 3 rings (SSSR count). The van der Waals surface area contributed by atoms with Crippen LogP contribution >= 0.6 is 0 Å². The Hall–Kier alpha value is -0.860. The summed E-state index contributed by atoms with van der Waals surface area (Å²) in [6, 6.07) is 12.4. The molecule has 22 heavy (non-hydrogen) atoms. The summed E-state index contributed by atoms with van der Waals surface area (Å²) in [5.41, 5.74) is 1.79. The lowest BCUT2D eigenvalue weighted by Gasteiger charge is -2.28. The normalized spacial score (nSPS) is 24.6. The van der Waals surface area contributed by atoms with Crippen molar-refractivity contribution in [3.8, 4) is 0 Å². The number of likely N-dealkylation sites (tertiary alicyclic amines) is 1. The Morgan fingerprint density at radius 1 is 1.14 bits per heavy atom. The van der Waals surface area contributed by atoms with Crippen molar-refractivity contribution in [2.75, 3.05) is 19.6 Å². The van der Waals surface area contributed by atoms with Gasteiger partial charge in [-0.25, -0.2) is 0 Å². The van der Waals surface area contributed by atoms with Gasteiger partial charge in [-0.1, -0.05) is 51.1 Å². The van der Waals surface area contributed by atoms with Crippen LogP contribution in [-0.2, 0) is 0 Å². The van der Waals surface area contributed by atoms with Crippen LogP contribution in [-0.4, -0.2) is 30.6 Å². The molecular formula is C20H32N2. The molecule has 2 heteroatoms. The van der Waals surface area contributed by atoms with Crippen LogP contribution in [0, 0.1) is 11.3 Å². The number of nitrogens with zero attached hydrogens (tertiary/aromatic N) is 1. The van der Waals surface area contributed by atoms with E-state index >= 15 is 0 Å². The van der Waals surface area contributed by atoms with Crippen LogP contribution in [0.2, 0.25) is 0 Å². The minimum absolute atomic E-state index is 0.350. The van der Waals surface area contributed by atoms with Gasteiger partial charge in [-0.05, 0) is 55.7 Å². The van der Waals surface area contributed by atoms with E-state index in [9.17, 15) is 0 Å². The van der Waals surface area contributed by atoms with Gasteiger partial charge >= 0.3 is 0 Å². The maximum absolute atomic E-state index is 3.89. The number of nitrogens with one attached hydrogen (secondary N) is 1. The number of hydrogen-bond acceptors (Lipinski definition) is 2. The summed E-state index contributed by atoms with van der Waals surface area (Å²) in [5, 5.41) is 3.89. The van der Waals surface area contributed by atoms with Crippen LogP contribution < -0.4 is 5.32 Å². The van der Waals surface area contributed by atoms with Crippen LogP contribution in [0.4, 0.5) is 0 Å². The zero-order valence-electron chi connectivity index (χ0n) is 14.5. The molecule has 0 bridgehead atoms. The van der Waals surface area contributed by atoms with Crippen molar-refractivity contribution in [1.29, 1.82) is 0 Å². The molecule has 1 heterocycles. The van der Waals surface area contributed by atoms with Gasteiger partial charge in [-0.3, -0.25) is 0 Å². The molecule has 2 atom stereocenters. The molecule has 0 aromatic heterocycles. The van der Waals surface area contributed by atoms with E-state index < -0.39 is 0 Å². The Morgan fingerprint density at radius 2 is 1.86 bits per heavy atom. The van der Waals surface area contributed by atoms with Crippen molar-refractivity contribution < 1.29 is 0 Å². The molecule has 0 radical (unpaired) electrons. The largest absolute Gasteiger partial charge is 0.310 e. The van der Waals surface area contributed by atoms with E-state index in [-0.39, 0.29) is 0 Å². The average molecular weight is 300 g/mol. The molecule has 1 saturated carbocycles. The monoisotopic (exact) mass is 300 g/mol. The predicted octanol–water partition coefficient (Wildman–Crippen LogP) is 4.24. The van der Waals surface area contributed by atoms with Crippen LogP contribution in [0.15, 0.2) is 30.3 Å². The van der Waals surface area contributed by atoms with Crippen molar-refractivity contribution >= 4 is 0 Å². The van der Waals surface area contributed by atoms with E-state index in [2.05, 4.69) is 61.3 Å². The fraction of sp³-hybridized carbons (Fsp3) is 0.700. The summed E-state index contributed by atoms with van der Waals surface area (Å²) in [6.07, 6.45) is 5.45. The molecule has 2 fully saturated rings. The zero-order chi connectivity index (χ0) is 15.6. The fourth-order valence-corrected chi connectivity index (χ4v) is 3.72. The van der Waals surface area contributed by atoms with E-state index in [1.165, 1.54) is 50.9 Å². The van der Waals surface area contributed by atoms with Crippen LogP contribution in [0.3, 0.4) is 0 Å². The summed E-state index contributed by atoms with van der Waals surface area (Å²) in [5.74, 6) is 0.840. The third kappa shape index (κ3) is 4.57. The minimum atomic E-state index is 0.350. The highest BCUT2D eigenvalue weighted by Gasteiger charge is 2.34. The number of rotatable bonds is 6. The van der Waals surface area contributed by atoms with Crippen LogP contribution in [0.5, 0.6) is 0 Å². The summed E-state index contributed by atoms with van der Waals surface area (Å²) in [6.45, 7) is 10.8. The molecule has 2 nitrogen and oxygen atoms in total. The predicted molar refractivity (Wildman–Crippen MR) is 94.0 cm³/mol. The van der Waals surface area contributed by atoms with Gasteiger partial charge in [0.05, 0.1) is 0 Å². The minimum Gasteiger partial charge on any atom is -0.310 e. The molecular weight excluding hydrogens is 268 g/mol. The second kappa shape index (κ2) is 6.72. The van der Waals surface area contributed by atoms with Gasteiger partial charge in [0.1, 0.15) is 0 Å². The maximum Gasteiger partial charge on any atom is 0.0325 e. The molecule has 1 aliphatic carbocycles. The lowest BCUT2D eigenvalue weighted by atomic mass is 9.85. The topological polar surface area (TPSA) is 15.3 Å². The second-order valence-electron chi connectivity index (χ2n) is 8.52. The maximum atomic E-state index is 3.89. The van der Waals surface area contributed by atoms with Gasteiger partial charge in [0, 0.05) is 18.6 Å². The standard InChI is InChI=1S/C20H32N2/c1-20(2,3)13-19(17-7-5-4-6-8-17)21-14-16-11-12-22(15-16)18-9-10-18/h4-8,16,18-19,21H,9-15H2,1-3H3. The summed E-state index contributed by atoms with van der Waals surface area (Å²) < 4.78 is 0. The van der Waals surface area contributed by atoms with Gasteiger partial charge in [-0.2, -0.15) is 0 Å². The average Bonchev–Trinajstić information content (AvgIpc) is 3.22. The van der Waals surface area contributed by atoms with Crippen molar-refractivity contribution in [3.05, 3.63) is 35.9 Å². The van der Waals surface area contributed by atoms with E-state index in [0.29, 0.717) is 11.5 Å². The lowest BCUT2D eigenvalue weighted by molar-refractivity contribution is 0.287. The third-order valence-corrected chi connectivity index (χ3v) is 5.05. The first kappa shape index (κ1) is 16.0. The van der Waals surface area contributed by atoms with E-state index in [4.69, 9.17) is 0 Å². The third-order valence-electron chi connectivity index (χ3n) is 5.05. The Morgan fingerprint density at radius 3 is 2.50 bits per heavy atom. The Bertz CT molecular complexity index is 458. The summed E-state index contributed by atoms with van der Waals surface area (Å²) in [7, 11) is 0. The molecule has 1 aromatic carbocycles. The van der Waals surface area contributed by atoms with Gasteiger partial charge < -0.3 is 10.2 Å². The molecule has 1 saturated heterocycles. The zero-order valence-corrected chi connectivity index (χ0v) is 14.5. The number of benzene rings is 1. The highest BCUT2D eigenvalue weighted by atomic mass is 15.2. The molecule has 122 valence electrons. The molecule has 0 spiro atoms. The summed E-state index contributed by atoms with van der Waals surface area (Å²) in [4.78, 5) is 2.72. The first-order chi connectivity index (χ1) is 10.5. The van der Waals surface area contributed by atoms with Crippen molar-refractivity contribution in [1.82, 2.24) is 10.2 Å². The highest BCUT2D eigenvalue weighted by Crippen LogP contribution is 2.33. The first-order valence-electron chi connectivity index (χ1n) is 9.04. The van der Waals surface area contributed by atoms with Crippen LogP contribution in [0.25, 0.3) is 0 Å². The van der Waals surface area contributed by atoms with Crippen molar-refractivity contribution in [2.45, 2.75) is 58.5 Å². The van der Waals surface area contributed by atoms with E-state index in [1.807, 2.05) is 0 Å². The molecule has 2 aliphatic rings. The van der Waals surface area contributed by atoms with Gasteiger partial charge in [0.15, 0.2) is 0 Å². The molecule has 1 aromatic rings. The highest BCUT2D eigenvalue weighted by molar-refractivity contribution is 5.19. The number of hydrogen-bond donors (Lipinski definition) is 1. The van der Waals surface area contributed by atoms with Gasteiger partial charge in [0.25, 0.3) is 0 Å². The van der Waals surface area contributed by atoms with E-state index in [1.54, 1.807) is 0 Å². The Labute approximate surface area is 136 Å². The molecule has 2 unspecified atom stereocenters. The summed E-state index contributed by atoms with van der Waals surface area (Å²) >= 11 is 0. The SMILES string of the molecule is CC(C)(C)CC(NCC1CCN(C2CC2)C1)c1ccccc1. The molecule has 1 aliphatic heterocycles. The molecule has 0 amide bonds. The van der Waals surface area contributed by atoms with Crippen molar-refractivity contribution in [3.63, 3.8) is 0 Å². The lowest BCUT2D eigenvalue weighted by Crippen LogP contribution is -2.32. The van der Waals surface area contributed by atoms with Gasteiger partial charge in [0.2, 0.25) is 0 Å². The fourth-order valence-electron chi connectivity index (χ4n) is 3.72. The van der Waals surface area contributed by atoms with Gasteiger partial charge in [-0.15, -0.1) is 0 Å². The molecule has 1 N–H and O–H groups in total. The Kier molecular flexibility index (Phi) is 4.89. The first-order valence-corrected chi connectivity index (χ1v) is 9.04.